The molecular weight excluding hydrogens is 597 g/mol. The van der Waals surface area contributed by atoms with Crippen molar-refractivity contribution in [3.63, 3.8) is 0 Å². The summed E-state index contributed by atoms with van der Waals surface area (Å²) in [7, 11) is 0. The van der Waals surface area contributed by atoms with E-state index in [1.165, 1.54) is 37.2 Å². The van der Waals surface area contributed by atoms with Gasteiger partial charge in [-0.05, 0) is 71.6 Å². The van der Waals surface area contributed by atoms with E-state index >= 15 is 0 Å². The quantitative estimate of drug-likeness (QED) is 0.184. The summed E-state index contributed by atoms with van der Waals surface area (Å²) in [6.45, 7) is 4.69. The average Bonchev–Trinajstić information content (AvgIpc) is 3.72. The smallest absolute Gasteiger partial charge is 0.145 e. The second-order valence-electron chi connectivity index (χ2n) is 12.7. The maximum atomic E-state index is 6.61. The van der Waals surface area contributed by atoms with Crippen molar-refractivity contribution >= 4 is 61.0 Å². The lowest BCUT2D eigenvalue weighted by Crippen LogP contribution is -2.24. The molecule has 1 aliphatic heterocycles. The van der Waals surface area contributed by atoms with Crippen molar-refractivity contribution in [2.24, 2.45) is 0 Å². The number of fused-ring (bicyclic) bond motifs is 12. The van der Waals surface area contributed by atoms with Crippen LogP contribution in [0.1, 0.15) is 25.0 Å². The van der Waals surface area contributed by atoms with Crippen molar-refractivity contribution in [1.29, 1.82) is 0 Å². The third-order valence-electron chi connectivity index (χ3n) is 9.70. The number of nitrogens with zero attached hydrogens (tertiary/aromatic N) is 4. The van der Waals surface area contributed by atoms with Gasteiger partial charge < -0.3 is 4.74 Å². The van der Waals surface area contributed by atoms with Crippen LogP contribution in [0.15, 0.2) is 144 Å². The van der Waals surface area contributed by atoms with E-state index in [1.807, 2.05) is 42.5 Å². The molecule has 224 valence electrons. The molecule has 10 rings (SSSR count). The topological polar surface area (TPSA) is 44.4 Å². The molecule has 5 nitrogen and oxygen atoms in total. The van der Waals surface area contributed by atoms with Crippen molar-refractivity contribution in [2.75, 3.05) is 0 Å². The first-order valence-electron chi connectivity index (χ1n) is 15.8. The minimum Gasteiger partial charge on any atom is -0.457 e. The molecule has 0 fully saturated rings. The highest BCUT2D eigenvalue weighted by molar-refractivity contribution is 7.99. The molecule has 4 aromatic heterocycles. The van der Waals surface area contributed by atoms with Gasteiger partial charge in [-0.25, -0.2) is 9.97 Å². The molecule has 6 heteroatoms. The molecule has 0 atom stereocenters. The minimum atomic E-state index is -0.204. The molecule has 0 saturated heterocycles. The van der Waals surface area contributed by atoms with Gasteiger partial charge >= 0.3 is 0 Å². The highest BCUT2D eigenvalue weighted by Gasteiger charge is 2.36. The number of imidazole rings is 1. The monoisotopic (exact) mass is 624 g/mol. The molecule has 47 heavy (non-hydrogen) atoms. The largest absolute Gasteiger partial charge is 0.457 e. The van der Waals surface area contributed by atoms with Gasteiger partial charge in [0.15, 0.2) is 0 Å². The normalized spacial score (nSPS) is 13.8. The third kappa shape index (κ3) is 3.79. The van der Waals surface area contributed by atoms with Crippen molar-refractivity contribution in [3.8, 4) is 17.2 Å². The molecule has 0 amide bonds. The van der Waals surface area contributed by atoms with Crippen LogP contribution in [0.25, 0.3) is 54.9 Å². The summed E-state index contributed by atoms with van der Waals surface area (Å²) >= 11 is 1.86. The molecule has 0 bridgehead atoms. The number of rotatable bonds is 3. The zero-order valence-corrected chi connectivity index (χ0v) is 26.6. The maximum Gasteiger partial charge on any atom is 0.145 e. The van der Waals surface area contributed by atoms with Crippen molar-refractivity contribution in [3.05, 3.63) is 145 Å². The maximum absolute atomic E-state index is 6.61. The van der Waals surface area contributed by atoms with Gasteiger partial charge in [0.1, 0.15) is 22.8 Å². The van der Waals surface area contributed by atoms with Crippen molar-refractivity contribution in [1.82, 2.24) is 18.9 Å². The Kier molecular flexibility index (Phi) is 5.50. The number of hydrogen-bond acceptors (Lipinski definition) is 4. The zero-order chi connectivity index (χ0) is 31.3. The molecule has 0 N–H and O–H groups in total. The van der Waals surface area contributed by atoms with Crippen LogP contribution >= 0.6 is 11.8 Å². The second kappa shape index (κ2) is 9.71. The Labute approximate surface area is 275 Å². The molecule has 0 aliphatic carbocycles. The summed E-state index contributed by atoms with van der Waals surface area (Å²) in [5, 5.41) is 5.75. The summed E-state index contributed by atoms with van der Waals surface area (Å²) in [6.07, 6.45) is 5.76. The molecule has 0 spiro atoms. The van der Waals surface area contributed by atoms with Gasteiger partial charge in [-0.2, -0.15) is 0 Å². The van der Waals surface area contributed by atoms with E-state index in [-0.39, 0.29) is 5.41 Å². The second-order valence-corrected chi connectivity index (χ2v) is 13.8. The Balaban J connectivity index is 1.15. The molecule has 5 heterocycles. The van der Waals surface area contributed by atoms with Gasteiger partial charge in [0.2, 0.25) is 0 Å². The molecular formula is C41H28N4OS. The standard InChI is InChI=1S/C41H28N4OS/c1-41(2)33-13-4-6-15-35(33)47-36-19-18-30-31-12-8-20-42-40(31)45(38(30)37(36)41)25-9-7-10-26(23-25)46-27-16-17-28-29-11-3-5-14-34(29)44-22-21-43-39(44)32(28)24-27/h3-24H,1-2H3. The number of pyridine rings is 2. The van der Waals surface area contributed by atoms with Gasteiger partial charge in [-0.3, -0.25) is 8.97 Å². The SMILES string of the molecule is CC1(C)c2ccccc2Sc2ccc3c4cccnc4n(-c4cccc(Oc5ccc6c7ccccc7n7ccnc7c6c5)c4)c3c21. The summed E-state index contributed by atoms with van der Waals surface area (Å²) < 4.78 is 11.1. The number of aromatic nitrogens is 4. The number of benzene rings is 5. The first-order valence-corrected chi connectivity index (χ1v) is 16.6. The van der Waals surface area contributed by atoms with Crippen LogP contribution in [0.4, 0.5) is 0 Å². The van der Waals surface area contributed by atoms with Crippen LogP contribution in [-0.2, 0) is 5.41 Å². The molecule has 9 aromatic rings. The van der Waals surface area contributed by atoms with Crippen LogP contribution in [-0.4, -0.2) is 18.9 Å². The molecule has 0 saturated carbocycles. The minimum absolute atomic E-state index is 0.204. The van der Waals surface area contributed by atoms with E-state index in [0.717, 1.165) is 50.2 Å². The van der Waals surface area contributed by atoms with E-state index in [4.69, 9.17) is 14.7 Å². The van der Waals surface area contributed by atoms with Gasteiger partial charge in [0.05, 0.1) is 16.7 Å². The Morgan fingerprint density at radius 1 is 0.617 bits per heavy atom. The zero-order valence-electron chi connectivity index (χ0n) is 25.8. The van der Waals surface area contributed by atoms with Crippen LogP contribution in [0.3, 0.4) is 0 Å². The van der Waals surface area contributed by atoms with Crippen LogP contribution in [0, 0.1) is 0 Å². The van der Waals surface area contributed by atoms with Crippen LogP contribution in [0.5, 0.6) is 11.5 Å². The first-order chi connectivity index (χ1) is 23.1. The Hall–Kier alpha value is -5.59. The molecule has 5 aromatic carbocycles. The fraction of sp³-hybridized carbons (Fsp3) is 0.0732. The van der Waals surface area contributed by atoms with Crippen LogP contribution < -0.4 is 4.74 Å². The molecule has 0 unspecified atom stereocenters. The van der Waals surface area contributed by atoms with Gasteiger partial charge in [0, 0.05) is 67.0 Å². The highest BCUT2D eigenvalue weighted by atomic mass is 32.2. The van der Waals surface area contributed by atoms with Gasteiger partial charge in [0.25, 0.3) is 0 Å². The predicted molar refractivity (Wildman–Crippen MR) is 192 cm³/mol. The van der Waals surface area contributed by atoms with E-state index in [1.54, 1.807) is 0 Å². The molecule has 1 aliphatic rings. The van der Waals surface area contributed by atoms with Crippen LogP contribution in [0.2, 0.25) is 0 Å². The fourth-order valence-corrected chi connectivity index (χ4v) is 9.02. The summed E-state index contributed by atoms with van der Waals surface area (Å²) in [6, 6.07) is 40.7. The lowest BCUT2D eigenvalue weighted by molar-refractivity contribution is 0.483. The Morgan fingerprint density at radius 3 is 2.38 bits per heavy atom. The highest BCUT2D eigenvalue weighted by Crippen LogP contribution is 2.52. The predicted octanol–water partition coefficient (Wildman–Crippen LogP) is 10.7. The third-order valence-corrected chi connectivity index (χ3v) is 10.8. The van der Waals surface area contributed by atoms with E-state index in [9.17, 15) is 0 Å². The Morgan fingerprint density at radius 2 is 1.43 bits per heavy atom. The van der Waals surface area contributed by atoms with E-state index < -0.39 is 0 Å². The molecule has 0 radical (unpaired) electrons. The number of ether oxygens (including phenoxy) is 1. The lowest BCUT2D eigenvalue weighted by Gasteiger charge is -2.35. The number of para-hydroxylation sites is 1. The summed E-state index contributed by atoms with van der Waals surface area (Å²) in [5.41, 5.74) is 7.67. The summed E-state index contributed by atoms with van der Waals surface area (Å²) in [5.74, 6) is 1.53. The van der Waals surface area contributed by atoms with E-state index in [2.05, 4.69) is 126 Å². The Bertz CT molecular complexity index is 2740. The van der Waals surface area contributed by atoms with Gasteiger partial charge in [-0.1, -0.05) is 74.1 Å². The van der Waals surface area contributed by atoms with E-state index in [0.29, 0.717) is 0 Å². The fourth-order valence-electron chi connectivity index (χ4n) is 7.62. The average molecular weight is 625 g/mol. The first kappa shape index (κ1) is 26.6. The number of hydrogen-bond donors (Lipinski definition) is 0. The van der Waals surface area contributed by atoms with Crippen molar-refractivity contribution < 1.29 is 4.74 Å². The summed E-state index contributed by atoms with van der Waals surface area (Å²) in [4.78, 5) is 12.2. The van der Waals surface area contributed by atoms with Gasteiger partial charge in [-0.15, -0.1) is 0 Å². The lowest BCUT2D eigenvalue weighted by atomic mass is 9.76. The van der Waals surface area contributed by atoms with Crippen molar-refractivity contribution in [2.45, 2.75) is 29.1 Å².